The number of rotatable bonds is 4. The molecule has 0 radical (unpaired) electrons. The molecule has 6 heteroatoms. The van der Waals surface area contributed by atoms with Crippen LogP contribution in [0, 0.1) is 6.92 Å². The molecule has 0 aliphatic rings. The molecule has 0 saturated heterocycles. The van der Waals surface area contributed by atoms with Gasteiger partial charge in [0.05, 0.1) is 5.69 Å². The first-order valence-corrected chi connectivity index (χ1v) is 5.73. The number of aryl methyl sites for hydroxylation is 1. The summed E-state index contributed by atoms with van der Waals surface area (Å²) < 4.78 is 5.23. The number of nitrogens with zero attached hydrogens (tertiary/aromatic N) is 2. The third-order valence-corrected chi connectivity index (χ3v) is 2.85. The maximum atomic E-state index is 5.23. The Balaban J connectivity index is 1.94. The zero-order valence-corrected chi connectivity index (χ0v) is 9.62. The molecular formula is C10H12N4OS. The molecule has 2 aromatic heterocycles. The van der Waals surface area contributed by atoms with Crippen molar-refractivity contribution < 1.29 is 4.42 Å². The van der Waals surface area contributed by atoms with Crippen molar-refractivity contribution in [2.75, 3.05) is 5.43 Å². The Morgan fingerprint density at radius 3 is 2.94 bits per heavy atom. The molecule has 0 amide bonds. The van der Waals surface area contributed by atoms with Crippen LogP contribution in [0.3, 0.4) is 0 Å². The summed E-state index contributed by atoms with van der Waals surface area (Å²) in [5.41, 5.74) is 4.47. The van der Waals surface area contributed by atoms with E-state index in [9.17, 15) is 0 Å². The molecule has 84 valence electrons. The van der Waals surface area contributed by atoms with Crippen LogP contribution in [-0.2, 0) is 5.75 Å². The van der Waals surface area contributed by atoms with Crippen molar-refractivity contribution in [1.29, 1.82) is 0 Å². The average Bonchev–Trinajstić information content (AvgIpc) is 2.73. The molecule has 0 fully saturated rings. The van der Waals surface area contributed by atoms with E-state index < -0.39 is 0 Å². The molecule has 0 aromatic carbocycles. The standard InChI is InChI=1S/C10H12N4OS/c1-7-5-15-10(13-7)16-6-8-2-3-9(14-11)12-4-8/h2-5H,6,11H2,1H3,(H,12,14). The lowest BCUT2D eigenvalue weighted by Gasteiger charge is -2.00. The third kappa shape index (κ3) is 2.74. The molecule has 2 heterocycles. The van der Waals surface area contributed by atoms with Gasteiger partial charge < -0.3 is 9.84 Å². The minimum Gasteiger partial charge on any atom is -0.440 e. The first kappa shape index (κ1) is 11.0. The summed E-state index contributed by atoms with van der Waals surface area (Å²) in [6.07, 6.45) is 3.42. The first-order chi connectivity index (χ1) is 7.78. The molecule has 0 bridgehead atoms. The Kier molecular flexibility index (Phi) is 3.43. The van der Waals surface area contributed by atoms with Crippen LogP contribution in [0.1, 0.15) is 11.3 Å². The number of hydrogen-bond acceptors (Lipinski definition) is 6. The lowest BCUT2D eigenvalue weighted by molar-refractivity contribution is 0.454. The average molecular weight is 236 g/mol. The van der Waals surface area contributed by atoms with Gasteiger partial charge in [-0.2, -0.15) is 0 Å². The smallest absolute Gasteiger partial charge is 0.256 e. The van der Waals surface area contributed by atoms with Gasteiger partial charge in [-0.05, 0) is 18.6 Å². The second-order valence-corrected chi connectivity index (χ2v) is 4.17. The van der Waals surface area contributed by atoms with E-state index in [2.05, 4.69) is 15.4 Å². The Hall–Kier alpha value is -1.53. The van der Waals surface area contributed by atoms with Gasteiger partial charge in [0.2, 0.25) is 0 Å². The number of oxazole rings is 1. The van der Waals surface area contributed by atoms with E-state index >= 15 is 0 Å². The Bertz CT molecular complexity index is 454. The molecular weight excluding hydrogens is 224 g/mol. The number of nitrogens with two attached hydrogens (primary N) is 1. The van der Waals surface area contributed by atoms with Gasteiger partial charge in [-0.3, -0.25) is 0 Å². The number of nitrogens with one attached hydrogen (secondary N) is 1. The number of hydrogen-bond donors (Lipinski definition) is 2. The van der Waals surface area contributed by atoms with Crippen molar-refractivity contribution >= 4 is 17.6 Å². The van der Waals surface area contributed by atoms with Gasteiger partial charge in [-0.1, -0.05) is 17.8 Å². The van der Waals surface area contributed by atoms with Crippen LogP contribution in [-0.4, -0.2) is 9.97 Å². The predicted octanol–water partition coefficient (Wildman–Crippen LogP) is 1.96. The number of hydrazine groups is 1. The van der Waals surface area contributed by atoms with Gasteiger partial charge >= 0.3 is 0 Å². The lowest BCUT2D eigenvalue weighted by atomic mass is 10.3. The molecule has 0 aliphatic carbocycles. The highest BCUT2D eigenvalue weighted by Crippen LogP contribution is 2.21. The highest BCUT2D eigenvalue weighted by molar-refractivity contribution is 7.98. The van der Waals surface area contributed by atoms with Gasteiger partial charge in [0.25, 0.3) is 5.22 Å². The summed E-state index contributed by atoms with van der Waals surface area (Å²) in [6.45, 7) is 1.90. The van der Waals surface area contributed by atoms with Crippen molar-refractivity contribution in [1.82, 2.24) is 9.97 Å². The fraction of sp³-hybridized carbons (Fsp3) is 0.200. The highest BCUT2D eigenvalue weighted by atomic mass is 32.2. The summed E-state index contributed by atoms with van der Waals surface area (Å²) in [7, 11) is 0. The van der Waals surface area contributed by atoms with Crippen LogP contribution in [0.2, 0.25) is 0 Å². The largest absolute Gasteiger partial charge is 0.440 e. The minimum absolute atomic E-state index is 0.653. The number of anilines is 1. The van der Waals surface area contributed by atoms with E-state index in [0.717, 1.165) is 17.0 Å². The van der Waals surface area contributed by atoms with E-state index in [0.29, 0.717) is 11.0 Å². The lowest BCUT2D eigenvalue weighted by Crippen LogP contribution is -2.08. The van der Waals surface area contributed by atoms with Crippen LogP contribution in [0.15, 0.2) is 34.2 Å². The van der Waals surface area contributed by atoms with Crippen LogP contribution < -0.4 is 11.3 Å². The normalized spacial score (nSPS) is 10.4. The van der Waals surface area contributed by atoms with Gasteiger partial charge in [-0.15, -0.1) is 0 Å². The minimum atomic E-state index is 0.653. The number of pyridine rings is 1. The van der Waals surface area contributed by atoms with Crippen molar-refractivity contribution in [2.45, 2.75) is 17.9 Å². The molecule has 5 nitrogen and oxygen atoms in total. The molecule has 0 aliphatic heterocycles. The van der Waals surface area contributed by atoms with Crippen molar-refractivity contribution in [3.63, 3.8) is 0 Å². The Morgan fingerprint density at radius 1 is 1.50 bits per heavy atom. The van der Waals surface area contributed by atoms with Crippen molar-refractivity contribution in [2.24, 2.45) is 5.84 Å². The molecule has 0 spiro atoms. The number of thioether (sulfide) groups is 1. The fourth-order valence-corrected chi connectivity index (χ4v) is 1.92. The number of aromatic nitrogens is 2. The molecule has 0 saturated carbocycles. The van der Waals surface area contributed by atoms with Crippen LogP contribution in [0.25, 0.3) is 0 Å². The maximum absolute atomic E-state index is 5.23. The van der Waals surface area contributed by atoms with Crippen molar-refractivity contribution in [3.8, 4) is 0 Å². The highest BCUT2D eigenvalue weighted by Gasteiger charge is 2.02. The fourth-order valence-electron chi connectivity index (χ4n) is 1.14. The summed E-state index contributed by atoms with van der Waals surface area (Å²) in [5, 5.41) is 0.679. The van der Waals surface area contributed by atoms with E-state index in [1.165, 1.54) is 11.8 Å². The third-order valence-electron chi connectivity index (χ3n) is 1.93. The van der Waals surface area contributed by atoms with Gasteiger partial charge in [0.15, 0.2) is 0 Å². The van der Waals surface area contributed by atoms with E-state index in [1.807, 2.05) is 19.1 Å². The summed E-state index contributed by atoms with van der Waals surface area (Å²) in [5.74, 6) is 6.65. The van der Waals surface area contributed by atoms with Crippen LogP contribution in [0.4, 0.5) is 5.82 Å². The van der Waals surface area contributed by atoms with Crippen molar-refractivity contribution in [3.05, 3.63) is 35.9 Å². The Labute approximate surface area is 97.4 Å². The summed E-state index contributed by atoms with van der Waals surface area (Å²) >= 11 is 1.54. The summed E-state index contributed by atoms with van der Waals surface area (Å²) in [6, 6.07) is 3.79. The van der Waals surface area contributed by atoms with Crippen LogP contribution >= 0.6 is 11.8 Å². The monoisotopic (exact) mass is 236 g/mol. The molecule has 16 heavy (non-hydrogen) atoms. The Morgan fingerprint density at radius 2 is 2.38 bits per heavy atom. The van der Waals surface area contributed by atoms with Gasteiger partial charge in [0.1, 0.15) is 12.1 Å². The molecule has 3 N–H and O–H groups in total. The maximum Gasteiger partial charge on any atom is 0.256 e. The predicted molar refractivity (Wildman–Crippen MR) is 62.8 cm³/mol. The van der Waals surface area contributed by atoms with Gasteiger partial charge in [0, 0.05) is 11.9 Å². The van der Waals surface area contributed by atoms with Gasteiger partial charge in [-0.25, -0.2) is 15.8 Å². The molecule has 2 rings (SSSR count). The molecule has 2 aromatic rings. The van der Waals surface area contributed by atoms with E-state index in [1.54, 1.807) is 12.5 Å². The summed E-state index contributed by atoms with van der Waals surface area (Å²) in [4.78, 5) is 8.32. The van der Waals surface area contributed by atoms with E-state index in [-0.39, 0.29) is 0 Å². The second kappa shape index (κ2) is 5.00. The topological polar surface area (TPSA) is 77.0 Å². The molecule has 0 unspecified atom stereocenters. The molecule has 0 atom stereocenters. The zero-order chi connectivity index (χ0) is 11.4. The zero-order valence-electron chi connectivity index (χ0n) is 8.80. The van der Waals surface area contributed by atoms with Crippen LogP contribution in [0.5, 0.6) is 0 Å². The van der Waals surface area contributed by atoms with E-state index in [4.69, 9.17) is 10.3 Å². The second-order valence-electron chi connectivity index (χ2n) is 3.24. The number of nitrogen functional groups attached to an aromatic ring is 1. The quantitative estimate of drug-likeness (QED) is 0.480. The first-order valence-electron chi connectivity index (χ1n) is 4.74. The SMILES string of the molecule is Cc1coc(SCc2ccc(NN)nc2)n1.